The van der Waals surface area contributed by atoms with Gasteiger partial charge in [-0.25, -0.2) is 0 Å². The highest BCUT2D eigenvalue weighted by Gasteiger charge is 2.29. The maximum Gasteiger partial charge on any atom is 0.260 e. The van der Waals surface area contributed by atoms with Crippen molar-refractivity contribution in [2.24, 2.45) is 0 Å². The molecule has 0 radical (unpaired) electrons. The lowest BCUT2D eigenvalue weighted by atomic mass is 9.94. The number of nitrogens with zero attached hydrogens (tertiary/aromatic N) is 1. The first-order valence-electron chi connectivity index (χ1n) is 6.35. The molecule has 0 aromatic heterocycles. The van der Waals surface area contributed by atoms with Crippen LogP contribution in [-0.2, 0) is 4.79 Å². The first-order valence-corrected chi connectivity index (χ1v) is 6.73. The van der Waals surface area contributed by atoms with E-state index >= 15 is 0 Å². The van der Waals surface area contributed by atoms with Gasteiger partial charge in [-0.3, -0.25) is 4.79 Å². The molecular weight excluding hydrogens is 266 g/mol. The molecule has 0 atom stereocenters. The van der Waals surface area contributed by atoms with Gasteiger partial charge in [-0.1, -0.05) is 23.7 Å². The number of benzene rings is 1. The summed E-state index contributed by atoms with van der Waals surface area (Å²) in [5, 5.41) is 10.3. The molecule has 1 aromatic rings. The first kappa shape index (κ1) is 14.2. The van der Waals surface area contributed by atoms with Crippen LogP contribution in [-0.4, -0.2) is 41.2 Å². The Morgan fingerprint density at radius 3 is 2.68 bits per heavy atom. The summed E-state index contributed by atoms with van der Waals surface area (Å²) in [5.74, 6) is 0.442. The molecule has 1 aliphatic rings. The highest BCUT2D eigenvalue weighted by molar-refractivity contribution is 6.32. The van der Waals surface area contributed by atoms with Gasteiger partial charge in [0, 0.05) is 13.1 Å². The van der Waals surface area contributed by atoms with Gasteiger partial charge in [0.15, 0.2) is 6.61 Å². The van der Waals surface area contributed by atoms with Gasteiger partial charge in [-0.15, -0.1) is 0 Å². The van der Waals surface area contributed by atoms with Gasteiger partial charge in [-0.2, -0.15) is 0 Å². The van der Waals surface area contributed by atoms with Crippen molar-refractivity contribution in [3.8, 4) is 5.75 Å². The number of para-hydroxylation sites is 1. The molecule has 19 heavy (non-hydrogen) atoms. The summed E-state index contributed by atoms with van der Waals surface area (Å²) in [7, 11) is 0. The third-order valence-electron chi connectivity index (χ3n) is 3.38. The van der Waals surface area contributed by atoms with E-state index in [1.165, 1.54) is 0 Å². The number of halogens is 1. The predicted molar refractivity (Wildman–Crippen MR) is 73.4 cm³/mol. The molecule has 0 unspecified atom stereocenters. The van der Waals surface area contributed by atoms with Gasteiger partial charge in [0.2, 0.25) is 0 Å². The Morgan fingerprint density at radius 1 is 1.42 bits per heavy atom. The van der Waals surface area contributed by atoms with E-state index in [0.717, 1.165) is 0 Å². The number of rotatable bonds is 3. The van der Waals surface area contributed by atoms with Crippen molar-refractivity contribution in [1.82, 2.24) is 4.90 Å². The fraction of sp³-hybridized carbons (Fsp3) is 0.500. The minimum Gasteiger partial charge on any atom is -0.482 e. The summed E-state index contributed by atoms with van der Waals surface area (Å²) >= 11 is 5.95. The third kappa shape index (κ3) is 3.85. The smallest absolute Gasteiger partial charge is 0.260 e. The van der Waals surface area contributed by atoms with Crippen LogP contribution in [0.2, 0.25) is 5.02 Å². The molecular formula is C14H18ClNO3. The van der Waals surface area contributed by atoms with Crippen molar-refractivity contribution >= 4 is 17.5 Å². The molecule has 0 bridgehead atoms. The van der Waals surface area contributed by atoms with E-state index < -0.39 is 5.60 Å². The molecule has 1 fully saturated rings. The monoisotopic (exact) mass is 283 g/mol. The zero-order valence-electron chi connectivity index (χ0n) is 10.9. The molecule has 5 heteroatoms. The van der Waals surface area contributed by atoms with Crippen LogP contribution in [0.4, 0.5) is 0 Å². The second-order valence-corrected chi connectivity index (χ2v) is 5.50. The second-order valence-electron chi connectivity index (χ2n) is 5.10. The fourth-order valence-corrected chi connectivity index (χ4v) is 2.22. The topological polar surface area (TPSA) is 49.8 Å². The summed E-state index contributed by atoms with van der Waals surface area (Å²) in [6.45, 7) is 2.91. The Bertz CT molecular complexity index is 452. The first-order chi connectivity index (χ1) is 8.98. The van der Waals surface area contributed by atoms with Crippen molar-refractivity contribution < 1.29 is 14.6 Å². The lowest BCUT2D eigenvalue weighted by Crippen LogP contribution is -2.46. The van der Waals surface area contributed by atoms with Crippen molar-refractivity contribution in [2.75, 3.05) is 19.7 Å². The largest absolute Gasteiger partial charge is 0.482 e. The van der Waals surface area contributed by atoms with E-state index in [0.29, 0.717) is 36.7 Å². The van der Waals surface area contributed by atoms with Crippen molar-refractivity contribution in [3.63, 3.8) is 0 Å². The summed E-state index contributed by atoms with van der Waals surface area (Å²) in [4.78, 5) is 13.7. The molecule has 0 spiro atoms. The molecule has 1 aromatic carbocycles. The molecule has 1 amide bonds. The lowest BCUT2D eigenvalue weighted by molar-refractivity contribution is -0.137. The number of hydrogen-bond donors (Lipinski definition) is 1. The van der Waals surface area contributed by atoms with Crippen LogP contribution in [0.5, 0.6) is 5.75 Å². The lowest BCUT2D eigenvalue weighted by Gasteiger charge is -2.35. The maximum atomic E-state index is 12.0. The SMILES string of the molecule is CC1(O)CCN(C(=O)COc2ccccc2Cl)CC1. The zero-order chi connectivity index (χ0) is 13.9. The molecule has 1 aliphatic heterocycles. The number of ether oxygens (including phenoxy) is 1. The number of carbonyl (C=O) groups is 1. The molecule has 2 rings (SSSR count). The number of likely N-dealkylation sites (tertiary alicyclic amines) is 1. The number of hydrogen-bond acceptors (Lipinski definition) is 3. The third-order valence-corrected chi connectivity index (χ3v) is 3.69. The molecule has 104 valence electrons. The van der Waals surface area contributed by atoms with Crippen LogP contribution in [0.25, 0.3) is 0 Å². The Balaban J connectivity index is 1.84. The minimum absolute atomic E-state index is 0.0219. The minimum atomic E-state index is -0.652. The van der Waals surface area contributed by atoms with Crippen molar-refractivity contribution in [1.29, 1.82) is 0 Å². The molecule has 1 N–H and O–H groups in total. The van der Waals surface area contributed by atoms with E-state index in [4.69, 9.17) is 16.3 Å². The van der Waals surface area contributed by atoms with Crippen LogP contribution in [0, 0.1) is 0 Å². The van der Waals surface area contributed by atoms with Crippen LogP contribution >= 0.6 is 11.6 Å². The summed E-state index contributed by atoms with van der Waals surface area (Å²) in [6, 6.07) is 7.07. The quantitative estimate of drug-likeness (QED) is 0.924. The number of carbonyl (C=O) groups excluding carboxylic acids is 1. The van der Waals surface area contributed by atoms with E-state index in [9.17, 15) is 9.90 Å². The highest BCUT2D eigenvalue weighted by atomic mass is 35.5. The van der Waals surface area contributed by atoms with Gasteiger partial charge in [0.25, 0.3) is 5.91 Å². The standard InChI is InChI=1S/C14H18ClNO3/c1-14(18)6-8-16(9-7-14)13(17)10-19-12-5-3-2-4-11(12)15/h2-5,18H,6-10H2,1H3. The summed E-state index contributed by atoms with van der Waals surface area (Å²) in [5.41, 5.74) is -0.652. The van der Waals surface area contributed by atoms with Crippen LogP contribution in [0.3, 0.4) is 0 Å². The van der Waals surface area contributed by atoms with Gasteiger partial charge in [0.1, 0.15) is 5.75 Å². The number of amides is 1. The Hall–Kier alpha value is -1.26. The van der Waals surface area contributed by atoms with Gasteiger partial charge in [-0.05, 0) is 31.9 Å². The average molecular weight is 284 g/mol. The number of aliphatic hydroxyl groups is 1. The van der Waals surface area contributed by atoms with E-state index in [1.807, 2.05) is 12.1 Å². The van der Waals surface area contributed by atoms with E-state index in [1.54, 1.807) is 24.0 Å². The maximum absolute atomic E-state index is 12.0. The molecule has 1 saturated heterocycles. The number of piperidine rings is 1. The second kappa shape index (κ2) is 5.80. The van der Waals surface area contributed by atoms with Gasteiger partial charge >= 0.3 is 0 Å². The Labute approximate surface area is 117 Å². The van der Waals surface area contributed by atoms with Crippen molar-refractivity contribution in [2.45, 2.75) is 25.4 Å². The summed E-state index contributed by atoms with van der Waals surface area (Å²) in [6.07, 6.45) is 1.20. The van der Waals surface area contributed by atoms with Crippen molar-refractivity contribution in [3.05, 3.63) is 29.3 Å². The van der Waals surface area contributed by atoms with Crippen LogP contribution < -0.4 is 4.74 Å². The van der Waals surface area contributed by atoms with Gasteiger partial charge < -0.3 is 14.7 Å². The zero-order valence-corrected chi connectivity index (χ0v) is 11.7. The molecule has 0 aliphatic carbocycles. The highest BCUT2D eigenvalue weighted by Crippen LogP contribution is 2.24. The summed E-state index contributed by atoms with van der Waals surface area (Å²) < 4.78 is 5.42. The Kier molecular flexibility index (Phi) is 4.32. The van der Waals surface area contributed by atoms with E-state index in [2.05, 4.69) is 0 Å². The predicted octanol–water partition coefficient (Wildman–Crippen LogP) is 2.09. The molecule has 0 saturated carbocycles. The molecule has 4 nitrogen and oxygen atoms in total. The fourth-order valence-electron chi connectivity index (χ4n) is 2.03. The normalized spacial score (nSPS) is 18.2. The van der Waals surface area contributed by atoms with Crippen LogP contribution in [0.1, 0.15) is 19.8 Å². The van der Waals surface area contributed by atoms with Gasteiger partial charge in [0.05, 0.1) is 10.6 Å². The average Bonchev–Trinajstić information content (AvgIpc) is 2.37. The van der Waals surface area contributed by atoms with Crippen LogP contribution in [0.15, 0.2) is 24.3 Å². The Morgan fingerprint density at radius 2 is 2.05 bits per heavy atom. The molecule has 1 heterocycles. The van der Waals surface area contributed by atoms with E-state index in [-0.39, 0.29) is 12.5 Å².